The number of fused-ring (bicyclic) bond motifs is 1. The van der Waals surface area contributed by atoms with Crippen molar-refractivity contribution in [1.29, 1.82) is 0 Å². The monoisotopic (exact) mass is 525 g/mol. The standard InChI is InChI=1S/C31H35N5O3/c1-4-25(20-9-6-5-7-10-20)35-29(37)21-12-13-26-23(15-21)24(30(38)36-26)16-27-18(2)28(19(3)33-27)31(39)34-22-11-8-14-32-17-22/h5-7,9-10,12-13,15-16,22,25,32-33H,4,8,11,14,17H2,1-3H3,(H,34,39)(H,35,37)(H,36,38)/t22-,25+/m0/s1. The van der Waals surface area contributed by atoms with Crippen LogP contribution in [-0.2, 0) is 4.79 Å². The van der Waals surface area contributed by atoms with Crippen LogP contribution in [0.3, 0.4) is 0 Å². The van der Waals surface area contributed by atoms with Crippen LogP contribution in [0.4, 0.5) is 5.69 Å². The van der Waals surface area contributed by atoms with Gasteiger partial charge in [-0.2, -0.15) is 0 Å². The van der Waals surface area contributed by atoms with Gasteiger partial charge in [0.1, 0.15) is 0 Å². The van der Waals surface area contributed by atoms with Gasteiger partial charge in [-0.15, -0.1) is 0 Å². The number of hydrogen-bond donors (Lipinski definition) is 5. The van der Waals surface area contributed by atoms with Crippen molar-refractivity contribution in [3.8, 4) is 0 Å². The van der Waals surface area contributed by atoms with E-state index in [0.717, 1.165) is 49.2 Å². The average Bonchev–Trinajstić information content (AvgIpc) is 3.41. The Morgan fingerprint density at radius 2 is 1.90 bits per heavy atom. The number of amides is 3. The third-order valence-corrected chi connectivity index (χ3v) is 7.60. The molecule has 8 nitrogen and oxygen atoms in total. The van der Waals surface area contributed by atoms with E-state index in [1.165, 1.54) is 0 Å². The topological polar surface area (TPSA) is 115 Å². The highest BCUT2D eigenvalue weighted by atomic mass is 16.2. The summed E-state index contributed by atoms with van der Waals surface area (Å²) in [5.74, 6) is -0.557. The van der Waals surface area contributed by atoms with Crippen molar-refractivity contribution in [3.63, 3.8) is 0 Å². The fraction of sp³-hybridized carbons (Fsp3) is 0.323. The number of nitrogens with one attached hydrogen (secondary N) is 5. The molecule has 0 unspecified atom stereocenters. The number of hydrogen-bond acceptors (Lipinski definition) is 4. The van der Waals surface area contributed by atoms with Gasteiger partial charge < -0.3 is 26.3 Å². The number of H-pyrrole nitrogens is 1. The summed E-state index contributed by atoms with van der Waals surface area (Å²) in [6.45, 7) is 7.53. The molecule has 3 aromatic rings. The summed E-state index contributed by atoms with van der Waals surface area (Å²) in [6.07, 6.45) is 4.51. The molecular weight excluding hydrogens is 490 g/mol. The zero-order chi connectivity index (χ0) is 27.5. The number of benzene rings is 2. The second kappa shape index (κ2) is 11.3. The Morgan fingerprint density at radius 1 is 1.10 bits per heavy atom. The molecule has 39 heavy (non-hydrogen) atoms. The van der Waals surface area contributed by atoms with Gasteiger partial charge in [-0.3, -0.25) is 14.4 Å². The maximum absolute atomic E-state index is 13.2. The molecule has 0 spiro atoms. The smallest absolute Gasteiger partial charge is 0.256 e. The van der Waals surface area contributed by atoms with E-state index in [4.69, 9.17) is 0 Å². The predicted molar refractivity (Wildman–Crippen MR) is 154 cm³/mol. The lowest BCUT2D eigenvalue weighted by molar-refractivity contribution is -0.110. The predicted octanol–water partition coefficient (Wildman–Crippen LogP) is 4.49. The van der Waals surface area contributed by atoms with Crippen molar-refractivity contribution in [3.05, 3.63) is 87.7 Å². The number of rotatable bonds is 7. The van der Waals surface area contributed by atoms with Gasteiger partial charge in [-0.05, 0) is 75.1 Å². The van der Waals surface area contributed by atoms with Gasteiger partial charge >= 0.3 is 0 Å². The quantitative estimate of drug-likeness (QED) is 0.293. The molecule has 2 aliphatic heterocycles. The fourth-order valence-electron chi connectivity index (χ4n) is 5.46. The maximum atomic E-state index is 13.2. The Bertz CT molecular complexity index is 1430. The van der Waals surface area contributed by atoms with Gasteiger partial charge in [-0.1, -0.05) is 37.3 Å². The number of piperidine rings is 1. The Kier molecular flexibility index (Phi) is 7.65. The molecule has 0 aliphatic carbocycles. The SMILES string of the molecule is CC[C@@H](NC(=O)c1ccc2c(c1)C(=Cc1[nH]c(C)c(C(=O)N[C@H]3CCCNC3)c1C)C(=O)N2)c1ccccc1. The highest BCUT2D eigenvalue weighted by Gasteiger charge is 2.28. The van der Waals surface area contributed by atoms with Crippen LogP contribution in [0, 0.1) is 13.8 Å². The van der Waals surface area contributed by atoms with Crippen molar-refractivity contribution < 1.29 is 14.4 Å². The number of anilines is 1. The third-order valence-electron chi connectivity index (χ3n) is 7.60. The van der Waals surface area contributed by atoms with Crippen LogP contribution in [0.2, 0.25) is 0 Å². The molecule has 5 N–H and O–H groups in total. The normalized spacial score (nSPS) is 18.4. The molecule has 1 saturated heterocycles. The zero-order valence-electron chi connectivity index (χ0n) is 22.6. The largest absolute Gasteiger partial charge is 0.358 e. The van der Waals surface area contributed by atoms with E-state index in [-0.39, 0.29) is 29.8 Å². The lowest BCUT2D eigenvalue weighted by atomic mass is 10.00. The number of aromatic nitrogens is 1. The van der Waals surface area contributed by atoms with E-state index < -0.39 is 0 Å². The molecule has 2 aromatic carbocycles. The average molecular weight is 526 g/mol. The Hall–Kier alpha value is -4.17. The summed E-state index contributed by atoms with van der Waals surface area (Å²) in [7, 11) is 0. The van der Waals surface area contributed by atoms with Crippen LogP contribution in [0.5, 0.6) is 0 Å². The molecule has 2 aliphatic rings. The third kappa shape index (κ3) is 5.52. The Labute approximate surface area is 228 Å². The number of aromatic amines is 1. The highest BCUT2D eigenvalue weighted by molar-refractivity contribution is 6.35. The van der Waals surface area contributed by atoms with Crippen LogP contribution in [0.25, 0.3) is 11.6 Å². The lowest BCUT2D eigenvalue weighted by Gasteiger charge is -2.23. The van der Waals surface area contributed by atoms with Crippen LogP contribution in [0.1, 0.15) is 81.0 Å². The maximum Gasteiger partial charge on any atom is 0.256 e. The van der Waals surface area contributed by atoms with E-state index in [2.05, 4.69) is 26.3 Å². The van der Waals surface area contributed by atoms with Crippen LogP contribution >= 0.6 is 0 Å². The number of carbonyl (C=O) groups excluding carboxylic acids is 3. The molecule has 1 fully saturated rings. The zero-order valence-corrected chi connectivity index (χ0v) is 22.6. The first-order valence-corrected chi connectivity index (χ1v) is 13.6. The molecule has 0 bridgehead atoms. The van der Waals surface area contributed by atoms with E-state index in [9.17, 15) is 14.4 Å². The van der Waals surface area contributed by atoms with Crippen LogP contribution < -0.4 is 21.3 Å². The second-order valence-corrected chi connectivity index (χ2v) is 10.3. The molecule has 0 saturated carbocycles. The summed E-state index contributed by atoms with van der Waals surface area (Å²) < 4.78 is 0. The van der Waals surface area contributed by atoms with E-state index >= 15 is 0 Å². The van der Waals surface area contributed by atoms with Crippen molar-refractivity contribution in [2.24, 2.45) is 0 Å². The minimum Gasteiger partial charge on any atom is -0.358 e. The number of aryl methyl sites for hydroxylation is 1. The minimum atomic E-state index is -0.246. The fourth-order valence-corrected chi connectivity index (χ4v) is 5.46. The lowest BCUT2D eigenvalue weighted by Crippen LogP contribution is -2.45. The Balaban J connectivity index is 1.39. The molecule has 3 amide bonds. The van der Waals surface area contributed by atoms with Gasteiger partial charge in [-0.25, -0.2) is 0 Å². The van der Waals surface area contributed by atoms with E-state index in [1.54, 1.807) is 24.3 Å². The first kappa shape index (κ1) is 26.4. The van der Waals surface area contributed by atoms with Crippen molar-refractivity contribution in [2.75, 3.05) is 18.4 Å². The molecule has 2 atom stereocenters. The Morgan fingerprint density at radius 3 is 2.62 bits per heavy atom. The minimum absolute atomic E-state index is 0.105. The molecule has 5 rings (SSSR count). The van der Waals surface area contributed by atoms with Crippen molar-refractivity contribution in [1.82, 2.24) is 20.9 Å². The van der Waals surface area contributed by atoms with E-state index in [0.29, 0.717) is 33.6 Å². The second-order valence-electron chi connectivity index (χ2n) is 10.3. The van der Waals surface area contributed by atoms with Crippen LogP contribution in [-0.4, -0.2) is 41.8 Å². The van der Waals surface area contributed by atoms with Crippen molar-refractivity contribution in [2.45, 2.75) is 52.1 Å². The van der Waals surface area contributed by atoms with Gasteiger partial charge in [0.25, 0.3) is 17.7 Å². The number of carbonyl (C=O) groups is 3. The first-order valence-electron chi connectivity index (χ1n) is 13.6. The summed E-state index contributed by atoms with van der Waals surface area (Å²) in [6, 6.07) is 15.1. The molecular formula is C31H35N5O3. The summed E-state index contributed by atoms with van der Waals surface area (Å²) in [4.78, 5) is 42.5. The van der Waals surface area contributed by atoms with Gasteiger partial charge in [0.2, 0.25) is 0 Å². The van der Waals surface area contributed by atoms with E-state index in [1.807, 2.05) is 51.1 Å². The molecule has 0 radical (unpaired) electrons. The summed E-state index contributed by atoms with van der Waals surface area (Å²) >= 11 is 0. The van der Waals surface area contributed by atoms with Gasteiger partial charge in [0.15, 0.2) is 0 Å². The first-order chi connectivity index (χ1) is 18.9. The van der Waals surface area contributed by atoms with Gasteiger partial charge in [0, 0.05) is 40.8 Å². The molecule has 3 heterocycles. The summed E-state index contributed by atoms with van der Waals surface area (Å²) in [5, 5.41) is 12.5. The van der Waals surface area contributed by atoms with Gasteiger partial charge in [0.05, 0.1) is 17.2 Å². The summed E-state index contributed by atoms with van der Waals surface area (Å²) in [5.41, 5.74) is 6.11. The molecule has 202 valence electrons. The molecule has 8 heteroatoms. The van der Waals surface area contributed by atoms with Crippen LogP contribution in [0.15, 0.2) is 48.5 Å². The molecule has 1 aromatic heterocycles. The van der Waals surface area contributed by atoms with Crippen molar-refractivity contribution >= 4 is 35.1 Å². The highest BCUT2D eigenvalue weighted by Crippen LogP contribution is 2.35.